The van der Waals surface area contributed by atoms with Gasteiger partial charge < -0.3 is 9.47 Å². The zero-order valence-electron chi connectivity index (χ0n) is 23.1. The number of Topliss-reactive ketones (excluding diaryl/α,β-unsaturated/α-hetero) is 1. The lowest BCUT2D eigenvalue weighted by molar-refractivity contribution is -0.196. The molecule has 0 aromatic rings. The van der Waals surface area contributed by atoms with E-state index >= 15 is 0 Å². The first-order valence-corrected chi connectivity index (χ1v) is 14.8. The Kier molecular flexibility index (Phi) is 8.02. The first-order valence-electron chi connectivity index (χ1n) is 14.0. The Morgan fingerprint density at radius 2 is 1.74 bits per heavy atom. The molecule has 38 heavy (non-hydrogen) atoms. The van der Waals surface area contributed by atoms with Crippen molar-refractivity contribution in [3.8, 4) is 0 Å². The Morgan fingerprint density at radius 1 is 1.08 bits per heavy atom. The molecular weight excluding hydrogens is 527 g/mol. The van der Waals surface area contributed by atoms with Crippen LogP contribution in [0.15, 0.2) is 23.8 Å². The van der Waals surface area contributed by atoms with Gasteiger partial charge in [0.05, 0.1) is 10.3 Å². The molecule has 4 rings (SSSR count). The van der Waals surface area contributed by atoms with E-state index in [2.05, 4.69) is 6.92 Å². The van der Waals surface area contributed by atoms with Crippen LogP contribution in [0.4, 0.5) is 0 Å². The van der Waals surface area contributed by atoms with Crippen molar-refractivity contribution < 1.29 is 28.7 Å². The van der Waals surface area contributed by atoms with E-state index in [9.17, 15) is 19.2 Å². The fourth-order valence-corrected chi connectivity index (χ4v) is 9.53. The minimum atomic E-state index is -1.48. The van der Waals surface area contributed by atoms with Crippen LogP contribution in [0.2, 0.25) is 0 Å². The molecule has 4 aliphatic carbocycles. The first-order chi connectivity index (χ1) is 17.8. The first kappa shape index (κ1) is 29.3. The summed E-state index contributed by atoms with van der Waals surface area (Å²) in [4.78, 5) is 50.6. The van der Waals surface area contributed by atoms with Gasteiger partial charge in [-0.05, 0) is 62.5 Å². The fourth-order valence-electron chi connectivity index (χ4n) is 8.30. The molecule has 210 valence electrons. The molecule has 0 saturated heterocycles. The molecule has 0 amide bonds. The smallest absolute Gasteiger partial charge is 0.306 e. The predicted octanol–water partition coefficient (Wildman–Crippen LogP) is 6.11. The Morgan fingerprint density at radius 3 is 2.39 bits per heavy atom. The summed E-state index contributed by atoms with van der Waals surface area (Å²) in [6.45, 7) is 9.33. The van der Waals surface area contributed by atoms with Crippen LogP contribution < -0.4 is 0 Å². The van der Waals surface area contributed by atoms with Crippen LogP contribution in [-0.2, 0) is 28.7 Å². The van der Waals surface area contributed by atoms with Gasteiger partial charge in [0.1, 0.15) is 0 Å². The summed E-state index contributed by atoms with van der Waals surface area (Å²) in [5, 5.41) is -0.563. The van der Waals surface area contributed by atoms with E-state index in [0.717, 1.165) is 12.0 Å². The molecule has 0 spiro atoms. The maximum absolute atomic E-state index is 14.1. The second-order valence-electron chi connectivity index (χ2n) is 12.1. The third kappa shape index (κ3) is 4.11. The molecule has 0 N–H and O–H groups in total. The number of hydrogen-bond donors (Lipinski definition) is 0. The van der Waals surface area contributed by atoms with Crippen LogP contribution in [0, 0.1) is 28.6 Å². The van der Waals surface area contributed by atoms with Gasteiger partial charge in [0, 0.05) is 29.6 Å². The molecule has 3 saturated carbocycles. The number of rotatable bonds is 8. The van der Waals surface area contributed by atoms with Crippen molar-refractivity contribution in [2.24, 2.45) is 28.6 Å². The lowest BCUT2D eigenvalue weighted by atomic mass is 9.46. The maximum Gasteiger partial charge on any atom is 0.306 e. The van der Waals surface area contributed by atoms with E-state index in [-0.39, 0.29) is 42.2 Å². The number of ether oxygens (including phenoxy) is 2. The van der Waals surface area contributed by atoms with Gasteiger partial charge in [0.15, 0.2) is 18.0 Å². The molecule has 0 heterocycles. The quantitative estimate of drug-likeness (QED) is 0.260. The standard InChI is InChI=1S/C30H40Cl2O6/c1-6-8-25(35)37-17-24(34)30(38-26(36)9-7-2)18(3)14-22-21-11-10-19-15-20(33)12-13-27(19,4)29(21,32)23(31)16-28(22,30)5/h12-13,15,18,21-23H,6-11,14,16-17H2,1-5H3/t18-,21+,22+,23+,27+,28+,29?,30+/m1/s1. The largest absolute Gasteiger partial charge is 0.457 e. The predicted molar refractivity (Wildman–Crippen MR) is 146 cm³/mol. The van der Waals surface area contributed by atoms with Crippen molar-refractivity contribution in [1.82, 2.24) is 0 Å². The third-order valence-electron chi connectivity index (χ3n) is 10.1. The SMILES string of the molecule is CCCC(=O)OCC(=O)[C@@]1(OC(=O)CCC)[C@H](C)C[C@H]2[C@@H]3CCC4=CC(=O)C=C[C@]4(C)C3(Cl)[C@@H](Cl)C[C@@]21C. The number of esters is 2. The molecule has 3 fully saturated rings. The molecule has 0 radical (unpaired) electrons. The third-order valence-corrected chi connectivity index (χ3v) is 11.6. The van der Waals surface area contributed by atoms with E-state index in [0.29, 0.717) is 32.1 Å². The summed E-state index contributed by atoms with van der Waals surface area (Å²) in [6.07, 6.45) is 9.21. The number of alkyl halides is 2. The average Bonchev–Trinajstić information content (AvgIpc) is 3.06. The molecule has 4 aliphatic rings. The van der Waals surface area contributed by atoms with Crippen molar-refractivity contribution in [2.75, 3.05) is 6.61 Å². The summed E-state index contributed by atoms with van der Waals surface area (Å²) in [5.41, 5.74) is -1.88. The summed E-state index contributed by atoms with van der Waals surface area (Å²) < 4.78 is 11.6. The molecule has 0 aliphatic heterocycles. The van der Waals surface area contributed by atoms with Gasteiger partial charge in [-0.25, -0.2) is 0 Å². The fraction of sp³-hybridized carbons (Fsp3) is 0.733. The highest BCUT2D eigenvalue weighted by molar-refractivity contribution is 6.34. The minimum Gasteiger partial charge on any atom is -0.457 e. The summed E-state index contributed by atoms with van der Waals surface area (Å²) in [7, 11) is 0. The monoisotopic (exact) mass is 566 g/mol. The van der Waals surface area contributed by atoms with E-state index in [1.54, 1.807) is 12.2 Å². The normalized spacial score (nSPS) is 41.4. The average molecular weight is 568 g/mol. The van der Waals surface area contributed by atoms with Gasteiger partial charge in [-0.3, -0.25) is 19.2 Å². The van der Waals surface area contributed by atoms with Crippen LogP contribution in [0.5, 0.6) is 0 Å². The number of carbonyl (C=O) groups excluding carboxylic acids is 4. The highest BCUT2D eigenvalue weighted by Crippen LogP contribution is 2.73. The second-order valence-corrected chi connectivity index (χ2v) is 13.3. The summed E-state index contributed by atoms with van der Waals surface area (Å²) in [5.74, 6) is -1.75. The van der Waals surface area contributed by atoms with Gasteiger partial charge in [0.2, 0.25) is 5.78 Å². The number of allylic oxidation sites excluding steroid dienone is 4. The zero-order chi connectivity index (χ0) is 28.1. The van der Waals surface area contributed by atoms with Gasteiger partial charge in [-0.15, -0.1) is 23.2 Å². The molecule has 8 atom stereocenters. The van der Waals surface area contributed by atoms with E-state index < -0.39 is 45.2 Å². The number of halogens is 2. The van der Waals surface area contributed by atoms with Crippen LogP contribution in [0.1, 0.15) is 86.0 Å². The number of hydrogen-bond acceptors (Lipinski definition) is 6. The number of fused-ring (bicyclic) bond motifs is 5. The molecule has 0 aromatic carbocycles. The Labute approximate surface area is 235 Å². The van der Waals surface area contributed by atoms with E-state index in [1.165, 1.54) is 0 Å². The van der Waals surface area contributed by atoms with Crippen molar-refractivity contribution >= 4 is 46.7 Å². The van der Waals surface area contributed by atoms with Gasteiger partial charge in [0.25, 0.3) is 0 Å². The summed E-state index contributed by atoms with van der Waals surface area (Å²) in [6, 6.07) is 0. The summed E-state index contributed by atoms with van der Waals surface area (Å²) >= 11 is 14.9. The Hall–Kier alpha value is -1.66. The highest BCUT2D eigenvalue weighted by Gasteiger charge is 2.76. The Bertz CT molecular complexity index is 1080. The highest BCUT2D eigenvalue weighted by atomic mass is 35.5. The van der Waals surface area contributed by atoms with Crippen molar-refractivity contribution in [2.45, 2.75) is 102 Å². The van der Waals surface area contributed by atoms with Crippen molar-refractivity contribution in [1.29, 1.82) is 0 Å². The molecule has 8 heteroatoms. The molecular formula is C30H40Cl2O6. The van der Waals surface area contributed by atoms with Gasteiger partial charge >= 0.3 is 11.9 Å². The minimum absolute atomic E-state index is 0.0393. The van der Waals surface area contributed by atoms with Crippen molar-refractivity contribution in [3.63, 3.8) is 0 Å². The molecule has 6 nitrogen and oxygen atoms in total. The molecule has 0 bridgehead atoms. The van der Waals surface area contributed by atoms with Crippen LogP contribution in [-0.4, -0.2) is 46.0 Å². The van der Waals surface area contributed by atoms with Crippen LogP contribution in [0.3, 0.4) is 0 Å². The van der Waals surface area contributed by atoms with Crippen molar-refractivity contribution in [3.05, 3.63) is 23.8 Å². The Balaban J connectivity index is 1.77. The number of carbonyl (C=O) groups is 4. The van der Waals surface area contributed by atoms with E-state index in [1.807, 2.05) is 33.8 Å². The topological polar surface area (TPSA) is 86.7 Å². The lowest BCUT2D eigenvalue weighted by Gasteiger charge is -2.64. The molecule has 1 unspecified atom stereocenters. The maximum atomic E-state index is 14.1. The second kappa shape index (κ2) is 10.4. The van der Waals surface area contributed by atoms with Gasteiger partial charge in [-0.1, -0.05) is 46.3 Å². The lowest BCUT2D eigenvalue weighted by Crippen LogP contribution is -2.68. The molecule has 0 aromatic heterocycles. The van der Waals surface area contributed by atoms with E-state index in [4.69, 9.17) is 32.7 Å². The van der Waals surface area contributed by atoms with Crippen LogP contribution in [0.25, 0.3) is 0 Å². The zero-order valence-corrected chi connectivity index (χ0v) is 24.6. The van der Waals surface area contributed by atoms with Gasteiger partial charge in [-0.2, -0.15) is 0 Å². The number of ketones is 2. The van der Waals surface area contributed by atoms with Crippen LogP contribution >= 0.6 is 23.2 Å².